The molecule has 1 aliphatic rings. The second-order valence-electron chi connectivity index (χ2n) is 5.98. The molecule has 2 unspecified atom stereocenters. The molecule has 1 aromatic rings. The lowest BCUT2D eigenvalue weighted by Crippen LogP contribution is -2.50. The van der Waals surface area contributed by atoms with Crippen LogP contribution < -0.4 is 0 Å². The van der Waals surface area contributed by atoms with Crippen LogP contribution in [0.3, 0.4) is 0 Å². The average Bonchev–Trinajstić information content (AvgIpc) is 2.86. The van der Waals surface area contributed by atoms with Gasteiger partial charge in [0.05, 0.1) is 6.04 Å². The van der Waals surface area contributed by atoms with Crippen molar-refractivity contribution in [2.24, 2.45) is 5.92 Å². The summed E-state index contributed by atoms with van der Waals surface area (Å²) in [6.45, 7) is 3.64. The molecule has 3 amide bonds. The van der Waals surface area contributed by atoms with E-state index in [1.807, 2.05) is 44.2 Å². The van der Waals surface area contributed by atoms with E-state index in [-0.39, 0.29) is 19.2 Å². The van der Waals surface area contributed by atoms with E-state index in [1.54, 1.807) is 0 Å². The van der Waals surface area contributed by atoms with Gasteiger partial charge in [-0.05, 0) is 17.9 Å². The third-order valence-corrected chi connectivity index (χ3v) is 3.66. The van der Waals surface area contributed by atoms with Crippen LogP contribution in [0.15, 0.2) is 30.3 Å². The molecule has 23 heavy (non-hydrogen) atoms. The van der Waals surface area contributed by atoms with Crippen LogP contribution in [0.4, 0.5) is 9.59 Å². The van der Waals surface area contributed by atoms with Crippen molar-refractivity contribution < 1.29 is 24.5 Å². The molecule has 2 atom stereocenters. The van der Waals surface area contributed by atoms with Gasteiger partial charge in [0.15, 0.2) is 6.29 Å². The molecule has 1 aliphatic heterocycles. The molecule has 1 saturated heterocycles. The van der Waals surface area contributed by atoms with Gasteiger partial charge in [-0.15, -0.1) is 0 Å². The van der Waals surface area contributed by atoms with Crippen molar-refractivity contribution in [3.8, 4) is 0 Å². The van der Waals surface area contributed by atoms with Crippen LogP contribution in [0, 0.1) is 5.92 Å². The van der Waals surface area contributed by atoms with Gasteiger partial charge in [-0.1, -0.05) is 44.2 Å². The maximum Gasteiger partial charge on any atom is 0.415 e. The Hall–Kier alpha value is -2.12. The topological polar surface area (TPSA) is 90.3 Å². The minimum absolute atomic E-state index is 0.0102. The van der Waals surface area contributed by atoms with Crippen molar-refractivity contribution >= 4 is 12.1 Å². The van der Waals surface area contributed by atoms with E-state index in [4.69, 9.17) is 4.74 Å². The maximum absolute atomic E-state index is 12.5. The van der Waals surface area contributed by atoms with Crippen LogP contribution in [-0.4, -0.2) is 57.7 Å². The average molecular weight is 322 g/mol. The number of aliphatic hydroxyl groups excluding tert-OH is 1. The molecule has 7 nitrogen and oxygen atoms in total. The third kappa shape index (κ3) is 4.20. The number of amides is 3. The van der Waals surface area contributed by atoms with Crippen molar-refractivity contribution in [1.82, 2.24) is 9.80 Å². The zero-order valence-electron chi connectivity index (χ0n) is 13.3. The van der Waals surface area contributed by atoms with Crippen LogP contribution in [-0.2, 0) is 11.2 Å². The zero-order chi connectivity index (χ0) is 17.0. The minimum atomic E-state index is -1.30. The van der Waals surface area contributed by atoms with E-state index in [0.29, 0.717) is 6.42 Å². The summed E-state index contributed by atoms with van der Waals surface area (Å²) in [4.78, 5) is 25.9. The third-order valence-electron chi connectivity index (χ3n) is 3.66. The molecular weight excluding hydrogens is 300 g/mol. The van der Waals surface area contributed by atoms with E-state index < -0.39 is 24.5 Å². The number of imide groups is 1. The molecule has 2 rings (SSSR count). The Labute approximate surface area is 135 Å². The molecule has 126 valence electrons. The first-order valence-electron chi connectivity index (χ1n) is 7.54. The van der Waals surface area contributed by atoms with Gasteiger partial charge >= 0.3 is 12.1 Å². The fraction of sp³-hybridized carbons (Fsp3) is 0.500. The maximum atomic E-state index is 12.5. The number of benzene rings is 1. The van der Waals surface area contributed by atoms with Crippen molar-refractivity contribution in [2.75, 3.05) is 13.3 Å². The molecule has 1 heterocycles. The molecule has 1 aromatic carbocycles. The summed E-state index contributed by atoms with van der Waals surface area (Å²) in [5, 5.41) is 19.3. The van der Waals surface area contributed by atoms with Crippen LogP contribution in [0.25, 0.3) is 0 Å². The molecule has 0 aliphatic carbocycles. The zero-order valence-corrected chi connectivity index (χ0v) is 13.3. The number of hydrogen-bond acceptors (Lipinski definition) is 4. The molecule has 0 radical (unpaired) electrons. The molecule has 7 heteroatoms. The fourth-order valence-electron chi connectivity index (χ4n) is 2.54. The molecule has 2 N–H and O–H groups in total. The Bertz CT molecular complexity index is 549. The van der Waals surface area contributed by atoms with Gasteiger partial charge in [-0.2, -0.15) is 0 Å². The second kappa shape index (κ2) is 7.43. The van der Waals surface area contributed by atoms with Crippen molar-refractivity contribution in [3.05, 3.63) is 35.9 Å². The first-order chi connectivity index (χ1) is 10.9. The van der Waals surface area contributed by atoms with Crippen molar-refractivity contribution in [2.45, 2.75) is 32.6 Å². The van der Waals surface area contributed by atoms with E-state index in [0.717, 1.165) is 10.5 Å². The van der Waals surface area contributed by atoms with Crippen molar-refractivity contribution in [3.63, 3.8) is 0 Å². The van der Waals surface area contributed by atoms with Gasteiger partial charge in [0.2, 0.25) is 0 Å². The lowest BCUT2D eigenvalue weighted by atomic mass is 10.1. The summed E-state index contributed by atoms with van der Waals surface area (Å²) in [6.07, 6.45) is -2.04. The number of carbonyl (C=O) groups excluding carboxylic acids is 1. The number of nitrogens with zero attached hydrogens (tertiary/aromatic N) is 2. The summed E-state index contributed by atoms with van der Waals surface area (Å²) in [6, 6.07) is 8.11. The molecule has 0 saturated carbocycles. The van der Waals surface area contributed by atoms with E-state index in [9.17, 15) is 19.8 Å². The highest BCUT2D eigenvalue weighted by Crippen LogP contribution is 2.22. The van der Waals surface area contributed by atoms with Crippen molar-refractivity contribution in [1.29, 1.82) is 0 Å². The van der Waals surface area contributed by atoms with Gasteiger partial charge in [0, 0.05) is 6.54 Å². The lowest BCUT2D eigenvalue weighted by molar-refractivity contribution is -0.0671. The SMILES string of the molecule is CC(C)CN(C(=O)O)C(=O)N1COC(O)C1Cc1ccccc1. The first kappa shape index (κ1) is 17.2. The normalized spacial score (nSPS) is 20.8. The molecular formula is C16H22N2O5. The Kier molecular flexibility index (Phi) is 5.57. The monoisotopic (exact) mass is 322 g/mol. The van der Waals surface area contributed by atoms with Gasteiger partial charge < -0.3 is 14.9 Å². The second-order valence-corrected chi connectivity index (χ2v) is 5.98. The number of aliphatic hydroxyl groups is 1. The smallest absolute Gasteiger partial charge is 0.415 e. The number of ether oxygens (including phenoxy) is 1. The van der Waals surface area contributed by atoms with Crippen LogP contribution in [0.5, 0.6) is 0 Å². The Morgan fingerprint density at radius 3 is 2.57 bits per heavy atom. The largest absolute Gasteiger partial charge is 0.465 e. The highest BCUT2D eigenvalue weighted by atomic mass is 16.6. The number of carbonyl (C=O) groups is 2. The quantitative estimate of drug-likeness (QED) is 0.884. The van der Waals surface area contributed by atoms with Crippen LogP contribution >= 0.6 is 0 Å². The van der Waals surface area contributed by atoms with E-state index in [2.05, 4.69) is 0 Å². The summed E-state index contributed by atoms with van der Waals surface area (Å²) < 4.78 is 5.15. The van der Waals surface area contributed by atoms with Crippen LogP contribution in [0.2, 0.25) is 0 Å². The standard InChI is InChI=1S/C16H22N2O5/c1-11(2)9-17(16(21)22)15(20)18-10-23-14(19)13(18)8-12-6-4-3-5-7-12/h3-7,11,13-14,19H,8-10H2,1-2H3,(H,21,22). The molecule has 1 fully saturated rings. The highest BCUT2D eigenvalue weighted by Gasteiger charge is 2.40. The highest BCUT2D eigenvalue weighted by molar-refractivity contribution is 5.90. The Morgan fingerprint density at radius 2 is 2.00 bits per heavy atom. The summed E-state index contributed by atoms with van der Waals surface area (Å²) in [5.74, 6) is 0.0102. The Balaban J connectivity index is 2.15. The van der Waals surface area contributed by atoms with Gasteiger partial charge in [-0.25, -0.2) is 14.5 Å². The lowest BCUT2D eigenvalue weighted by Gasteiger charge is -2.29. The van der Waals surface area contributed by atoms with Crippen LogP contribution in [0.1, 0.15) is 19.4 Å². The predicted octanol–water partition coefficient (Wildman–Crippen LogP) is 1.96. The number of rotatable bonds is 4. The molecule has 0 spiro atoms. The summed E-state index contributed by atoms with van der Waals surface area (Å²) in [5.41, 5.74) is 0.936. The van der Waals surface area contributed by atoms with E-state index in [1.165, 1.54) is 4.90 Å². The molecule has 0 aromatic heterocycles. The number of hydrogen-bond donors (Lipinski definition) is 2. The summed E-state index contributed by atoms with van der Waals surface area (Å²) >= 11 is 0. The molecule has 0 bridgehead atoms. The first-order valence-corrected chi connectivity index (χ1v) is 7.54. The number of urea groups is 1. The Morgan fingerprint density at radius 1 is 1.35 bits per heavy atom. The summed E-state index contributed by atoms with van der Waals surface area (Å²) in [7, 11) is 0. The van der Waals surface area contributed by atoms with Gasteiger partial charge in [0.25, 0.3) is 0 Å². The predicted molar refractivity (Wildman–Crippen MR) is 82.7 cm³/mol. The minimum Gasteiger partial charge on any atom is -0.465 e. The van der Waals surface area contributed by atoms with Gasteiger partial charge in [-0.3, -0.25) is 4.90 Å². The van der Waals surface area contributed by atoms with E-state index >= 15 is 0 Å². The number of carboxylic acid groups (broad SMARTS) is 1. The van der Waals surface area contributed by atoms with Gasteiger partial charge in [0.1, 0.15) is 6.73 Å². The fourth-order valence-corrected chi connectivity index (χ4v) is 2.54.